The zero-order chi connectivity index (χ0) is 13.3. The molecule has 1 saturated carbocycles. The van der Waals surface area contributed by atoms with Gasteiger partial charge in [0.2, 0.25) is 0 Å². The minimum Gasteiger partial charge on any atom is -0.429 e. The van der Waals surface area contributed by atoms with Gasteiger partial charge in [-0.2, -0.15) is 13.9 Å². The van der Waals surface area contributed by atoms with E-state index in [1.807, 2.05) is 11.9 Å². The third-order valence-electron chi connectivity index (χ3n) is 3.80. The van der Waals surface area contributed by atoms with Gasteiger partial charge in [-0.1, -0.05) is 12.8 Å². The first-order chi connectivity index (χ1) is 8.42. The fourth-order valence-corrected chi connectivity index (χ4v) is 2.59. The van der Waals surface area contributed by atoms with E-state index in [2.05, 4.69) is 16.8 Å². The molecule has 1 fully saturated rings. The van der Waals surface area contributed by atoms with Gasteiger partial charge in [-0.25, -0.2) is 0 Å². The van der Waals surface area contributed by atoms with Crippen LogP contribution in [0.15, 0.2) is 6.20 Å². The minimum atomic E-state index is -2.82. The summed E-state index contributed by atoms with van der Waals surface area (Å²) in [4.78, 5) is 1.97. The molecule has 0 saturated heterocycles. The summed E-state index contributed by atoms with van der Waals surface area (Å²) in [5.74, 6) is 0.630. The fraction of sp³-hybridized carbons (Fsp3) is 0.750. The van der Waals surface area contributed by atoms with Gasteiger partial charge in [0.1, 0.15) is 0 Å². The van der Waals surface area contributed by atoms with Gasteiger partial charge in [0.25, 0.3) is 0 Å². The normalized spacial score (nSPS) is 18.3. The van der Waals surface area contributed by atoms with Crippen LogP contribution in [0.3, 0.4) is 0 Å². The van der Waals surface area contributed by atoms with E-state index in [9.17, 15) is 8.78 Å². The molecule has 1 aromatic heterocycles. The summed E-state index contributed by atoms with van der Waals surface area (Å²) in [6, 6.07) is 0. The van der Waals surface area contributed by atoms with Crippen molar-refractivity contribution in [2.75, 3.05) is 11.9 Å². The molecule has 1 aliphatic carbocycles. The van der Waals surface area contributed by atoms with E-state index < -0.39 is 6.61 Å². The Morgan fingerprint density at radius 2 is 2.06 bits per heavy atom. The van der Waals surface area contributed by atoms with E-state index in [4.69, 9.17) is 0 Å². The first-order valence-corrected chi connectivity index (χ1v) is 6.15. The highest BCUT2D eigenvalue weighted by Crippen LogP contribution is 2.39. The van der Waals surface area contributed by atoms with Crippen molar-refractivity contribution in [3.05, 3.63) is 6.20 Å². The largest absolute Gasteiger partial charge is 0.429 e. The highest BCUT2D eigenvalue weighted by Gasteiger charge is 2.35. The van der Waals surface area contributed by atoms with Crippen molar-refractivity contribution in [1.82, 2.24) is 9.78 Å². The maximum Gasteiger partial charge on any atom is 0.387 e. The van der Waals surface area contributed by atoms with Crippen LogP contribution in [0.25, 0.3) is 0 Å². The van der Waals surface area contributed by atoms with Crippen LogP contribution in [-0.4, -0.2) is 29.0 Å². The lowest BCUT2D eigenvalue weighted by atomic mass is 9.99. The zero-order valence-corrected chi connectivity index (χ0v) is 11.0. The molecule has 0 aromatic carbocycles. The molecule has 0 radical (unpaired) electrons. The maximum atomic E-state index is 12.4. The van der Waals surface area contributed by atoms with Crippen molar-refractivity contribution in [1.29, 1.82) is 0 Å². The number of rotatable bonds is 4. The highest BCUT2D eigenvalue weighted by molar-refractivity contribution is 5.53. The molecule has 102 valence electrons. The zero-order valence-electron chi connectivity index (χ0n) is 11.0. The van der Waals surface area contributed by atoms with Gasteiger partial charge in [0.15, 0.2) is 11.6 Å². The lowest BCUT2D eigenvalue weighted by Crippen LogP contribution is -2.42. The molecule has 0 N–H and O–H groups in total. The lowest BCUT2D eigenvalue weighted by molar-refractivity contribution is -0.0496. The second kappa shape index (κ2) is 4.74. The molecule has 0 aliphatic heterocycles. The second-order valence-corrected chi connectivity index (χ2v) is 5.13. The van der Waals surface area contributed by atoms with Gasteiger partial charge in [0, 0.05) is 19.6 Å². The molecule has 0 unspecified atom stereocenters. The molecular weight excluding hydrogens is 240 g/mol. The molecular formula is C12H19F2N3O. The molecule has 18 heavy (non-hydrogen) atoms. The van der Waals surface area contributed by atoms with Crippen molar-refractivity contribution < 1.29 is 13.5 Å². The van der Waals surface area contributed by atoms with Crippen molar-refractivity contribution in [2.24, 2.45) is 7.05 Å². The Labute approximate surface area is 106 Å². The summed E-state index contributed by atoms with van der Waals surface area (Å²) < 4.78 is 30.8. The Kier molecular flexibility index (Phi) is 3.45. The van der Waals surface area contributed by atoms with Crippen LogP contribution < -0.4 is 9.64 Å². The summed E-state index contributed by atoms with van der Waals surface area (Å²) in [6.07, 6.45) is 5.91. The summed E-state index contributed by atoms with van der Waals surface area (Å²) in [6.45, 7) is -0.682. The van der Waals surface area contributed by atoms with Crippen molar-refractivity contribution in [2.45, 2.75) is 44.8 Å². The van der Waals surface area contributed by atoms with Crippen LogP contribution >= 0.6 is 0 Å². The van der Waals surface area contributed by atoms with Crippen LogP contribution in [0.4, 0.5) is 14.6 Å². The maximum absolute atomic E-state index is 12.4. The predicted octanol–water partition coefficient (Wildman–Crippen LogP) is 2.79. The molecule has 0 atom stereocenters. The first-order valence-electron chi connectivity index (χ1n) is 6.15. The summed E-state index contributed by atoms with van der Waals surface area (Å²) in [5, 5.41) is 4.24. The number of hydrogen-bond donors (Lipinski definition) is 0. The Morgan fingerprint density at radius 1 is 1.44 bits per heavy atom. The number of ether oxygens (including phenoxy) is 1. The molecule has 4 nitrogen and oxygen atoms in total. The lowest BCUT2D eigenvalue weighted by Gasteiger charge is -2.36. The monoisotopic (exact) mass is 259 g/mol. The number of hydrogen-bond acceptors (Lipinski definition) is 3. The molecule has 1 aromatic rings. The first kappa shape index (κ1) is 13.1. The van der Waals surface area contributed by atoms with Gasteiger partial charge in [0.05, 0.1) is 6.20 Å². The quantitative estimate of drug-likeness (QED) is 0.833. The fourth-order valence-electron chi connectivity index (χ4n) is 2.59. The average Bonchev–Trinajstić information content (AvgIpc) is 2.85. The Morgan fingerprint density at radius 3 is 2.61 bits per heavy atom. The minimum absolute atomic E-state index is 0.0193. The highest BCUT2D eigenvalue weighted by atomic mass is 19.3. The Bertz CT molecular complexity index is 413. The van der Waals surface area contributed by atoms with E-state index in [1.54, 1.807) is 7.05 Å². The van der Waals surface area contributed by atoms with Crippen LogP contribution in [-0.2, 0) is 7.05 Å². The molecule has 1 aliphatic rings. The van der Waals surface area contributed by atoms with Crippen molar-refractivity contribution in [3.8, 4) is 5.75 Å². The van der Waals surface area contributed by atoms with Gasteiger partial charge in [-0.3, -0.25) is 4.68 Å². The summed E-state index contributed by atoms with van der Waals surface area (Å²) in [7, 11) is 3.60. The van der Waals surface area contributed by atoms with Crippen LogP contribution in [0.5, 0.6) is 5.75 Å². The molecule has 0 spiro atoms. The number of anilines is 1. The van der Waals surface area contributed by atoms with E-state index in [1.165, 1.54) is 23.7 Å². The van der Waals surface area contributed by atoms with Crippen molar-refractivity contribution in [3.63, 3.8) is 0 Å². The Balaban J connectivity index is 2.26. The smallest absolute Gasteiger partial charge is 0.387 e. The topological polar surface area (TPSA) is 30.3 Å². The van der Waals surface area contributed by atoms with Gasteiger partial charge < -0.3 is 9.64 Å². The molecule has 2 rings (SSSR count). The van der Waals surface area contributed by atoms with Gasteiger partial charge in [-0.05, 0) is 19.8 Å². The van der Waals surface area contributed by atoms with E-state index in [0.29, 0.717) is 5.82 Å². The van der Waals surface area contributed by atoms with Crippen LogP contribution in [0.2, 0.25) is 0 Å². The summed E-state index contributed by atoms with van der Waals surface area (Å²) >= 11 is 0. The molecule has 0 bridgehead atoms. The molecule has 6 heteroatoms. The molecule has 0 amide bonds. The third kappa shape index (κ3) is 2.42. The SMILES string of the molecule is CN(c1nn(C)cc1OC(F)F)C1(C)CCCC1. The number of aromatic nitrogens is 2. The number of aryl methyl sites for hydroxylation is 1. The van der Waals surface area contributed by atoms with Crippen LogP contribution in [0, 0.1) is 0 Å². The van der Waals surface area contributed by atoms with E-state index in [-0.39, 0.29) is 11.3 Å². The molecule has 1 heterocycles. The van der Waals surface area contributed by atoms with E-state index >= 15 is 0 Å². The van der Waals surface area contributed by atoms with E-state index in [0.717, 1.165) is 12.8 Å². The number of halogens is 2. The summed E-state index contributed by atoms with van der Waals surface area (Å²) in [5.41, 5.74) is -0.0193. The number of nitrogens with zero attached hydrogens (tertiary/aromatic N) is 3. The van der Waals surface area contributed by atoms with Crippen LogP contribution in [0.1, 0.15) is 32.6 Å². The third-order valence-corrected chi connectivity index (χ3v) is 3.80. The van der Waals surface area contributed by atoms with Gasteiger partial charge in [-0.15, -0.1) is 0 Å². The standard InChI is InChI=1S/C12H19F2N3O/c1-12(6-4-5-7-12)17(3)10-9(18-11(13)14)8-16(2)15-10/h8,11H,4-7H2,1-3H3. The Hall–Kier alpha value is -1.33. The van der Waals surface area contributed by atoms with Crippen molar-refractivity contribution >= 4 is 5.82 Å². The van der Waals surface area contributed by atoms with Gasteiger partial charge >= 0.3 is 6.61 Å². The average molecular weight is 259 g/mol. The predicted molar refractivity (Wildman–Crippen MR) is 65.1 cm³/mol. The number of alkyl halides is 2. The second-order valence-electron chi connectivity index (χ2n) is 5.13.